The van der Waals surface area contributed by atoms with Crippen LogP contribution in [0.1, 0.15) is 34.1 Å². The van der Waals surface area contributed by atoms with E-state index in [1.165, 1.54) is 19.1 Å². The zero-order valence-electron chi connectivity index (χ0n) is 18.8. The average molecular weight is 509 g/mol. The van der Waals surface area contributed by atoms with Crippen molar-refractivity contribution in [2.45, 2.75) is 19.4 Å². The predicted molar refractivity (Wildman–Crippen MR) is 129 cm³/mol. The van der Waals surface area contributed by atoms with Crippen LogP contribution < -0.4 is 0 Å². The van der Waals surface area contributed by atoms with Crippen LogP contribution in [0, 0.1) is 35.5 Å². The summed E-state index contributed by atoms with van der Waals surface area (Å²) in [4.78, 5) is 54.8. The van der Waals surface area contributed by atoms with Gasteiger partial charge in [0.15, 0.2) is 5.78 Å². The molecule has 1 aliphatic heterocycles. The van der Waals surface area contributed by atoms with Crippen molar-refractivity contribution in [2.75, 3.05) is 0 Å². The molecule has 35 heavy (non-hydrogen) atoms. The van der Waals surface area contributed by atoms with E-state index in [1.54, 1.807) is 36.4 Å². The van der Waals surface area contributed by atoms with Gasteiger partial charge in [0, 0.05) is 21.2 Å². The van der Waals surface area contributed by atoms with Crippen LogP contribution in [0.25, 0.3) is 0 Å². The first-order chi connectivity index (χ1) is 16.8. The minimum atomic E-state index is -1.10. The second kappa shape index (κ2) is 8.04. The molecule has 2 saturated carbocycles. The first-order valence-corrected chi connectivity index (χ1v) is 12.5. The van der Waals surface area contributed by atoms with E-state index < -0.39 is 41.4 Å². The maximum Gasteiger partial charge on any atom is 0.273 e. The van der Waals surface area contributed by atoms with E-state index in [2.05, 4.69) is 12.2 Å². The van der Waals surface area contributed by atoms with Gasteiger partial charge in [-0.3, -0.25) is 19.2 Å². The molecule has 8 heteroatoms. The van der Waals surface area contributed by atoms with Crippen molar-refractivity contribution < 1.29 is 19.2 Å². The monoisotopic (exact) mass is 508 g/mol. The molecule has 5 aliphatic rings. The molecule has 7 atom stereocenters. The molecule has 0 spiro atoms. The summed E-state index contributed by atoms with van der Waals surface area (Å²) in [6.07, 6.45) is 5.18. The fourth-order valence-corrected chi connectivity index (χ4v) is 6.54. The third-order valence-electron chi connectivity index (χ3n) is 8.03. The minimum Gasteiger partial charge on any atom is -0.292 e. The number of imide groups is 1. The van der Waals surface area contributed by atoms with Crippen molar-refractivity contribution in [2.24, 2.45) is 35.5 Å². The van der Waals surface area contributed by atoms with E-state index >= 15 is 0 Å². The van der Waals surface area contributed by atoms with Crippen molar-refractivity contribution in [3.05, 3.63) is 81.9 Å². The van der Waals surface area contributed by atoms with Gasteiger partial charge in [0.05, 0.1) is 11.8 Å². The molecule has 0 aromatic heterocycles. The number of amides is 3. The number of halogens is 2. The number of allylic oxidation sites excluding steroid dienone is 2. The minimum absolute atomic E-state index is 0.00575. The van der Waals surface area contributed by atoms with Gasteiger partial charge in [-0.1, -0.05) is 35.4 Å². The number of carbonyl (C=O) groups excluding carboxylic acids is 4. The van der Waals surface area contributed by atoms with Gasteiger partial charge < -0.3 is 0 Å². The van der Waals surface area contributed by atoms with Gasteiger partial charge >= 0.3 is 0 Å². The number of carbonyl (C=O) groups is 4. The number of benzene rings is 2. The van der Waals surface area contributed by atoms with Gasteiger partial charge in [-0.2, -0.15) is 5.01 Å². The van der Waals surface area contributed by atoms with Crippen LogP contribution in [0.3, 0.4) is 0 Å². The Morgan fingerprint density at radius 1 is 0.829 bits per heavy atom. The Morgan fingerprint density at radius 3 is 1.77 bits per heavy atom. The molecule has 0 N–H and O–H groups in total. The molecule has 0 radical (unpaired) electrons. The summed E-state index contributed by atoms with van der Waals surface area (Å²) in [5.41, 5.74) is 0.555. The molecule has 6 nitrogen and oxygen atoms in total. The Labute approximate surface area is 212 Å². The number of rotatable bonds is 5. The summed E-state index contributed by atoms with van der Waals surface area (Å²) in [7, 11) is 0. The first-order valence-electron chi connectivity index (χ1n) is 11.7. The number of hydrogen-bond donors (Lipinski definition) is 0. The van der Waals surface area contributed by atoms with Crippen LogP contribution in [-0.2, 0) is 9.59 Å². The third kappa shape index (κ3) is 3.38. The summed E-state index contributed by atoms with van der Waals surface area (Å²) in [6, 6.07) is 11.4. The number of Topliss-reactive ketones (excluding diaryl/α,β-unsaturated/α-hetero) is 1. The predicted octanol–water partition coefficient (Wildman–Crippen LogP) is 4.68. The van der Waals surface area contributed by atoms with Gasteiger partial charge in [-0.05, 0) is 85.5 Å². The van der Waals surface area contributed by atoms with E-state index in [9.17, 15) is 19.2 Å². The highest BCUT2D eigenvalue weighted by molar-refractivity contribution is 6.31. The lowest BCUT2D eigenvalue weighted by Gasteiger charge is -2.37. The quantitative estimate of drug-likeness (QED) is 0.334. The highest BCUT2D eigenvalue weighted by atomic mass is 35.5. The van der Waals surface area contributed by atoms with Crippen molar-refractivity contribution in [3.63, 3.8) is 0 Å². The van der Waals surface area contributed by atoms with Crippen LogP contribution >= 0.6 is 23.2 Å². The molecule has 178 valence electrons. The molecule has 1 saturated heterocycles. The molecule has 0 unspecified atom stereocenters. The SMILES string of the molecule is C[C@H](C(=O)c1ccc(Cl)cc1)N(C(=O)c1ccc(Cl)cc1)N1C(=O)[C@@H]2[C@H]3C=C[C@@H]([C@@H]4C[C@@H]34)[C@@H]2C1=O. The Bertz CT molecular complexity index is 1250. The lowest BCUT2D eigenvalue weighted by molar-refractivity contribution is -0.156. The van der Waals surface area contributed by atoms with Gasteiger partial charge in [-0.25, -0.2) is 5.01 Å². The molecule has 2 aromatic rings. The molecular formula is C27H22Cl2N2O4. The fraction of sp³-hybridized carbons (Fsp3) is 0.333. The number of hydrazine groups is 1. The number of nitrogens with zero attached hydrogens (tertiary/aromatic N) is 2. The van der Waals surface area contributed by atoms with Gasteiger partial charge in [0.2, 0.25) is 0 Å². The van der Waals surface area contributed by atoms with E-state index in [1.807, 2.05) is 0 Å². The summed E-state index contributed by atoms with van der Waals surface area (Å²) in [6.45, 7) is 1.54. The third-order valence-corrected chi connectivity index (χ3v) is 8.53. The van der Waals surface area contributed by atoms with Crippen molar-refractivity contribution in [1.82, 2.24) is 10.0 Å². The summed E-state index contributed by atoms with van der Waals surface area (Å²) in [5, 5.41) is 2.93. The van der Waals surface area contributed by atoms with Gasteiger partial charge in [0.1, 0.15) is 6.04 Å². The Kier molecular flexibility index (Phi) is 5.17. The second-order valence-electron chi connectivity index (χ2n) is 9.85. The van der Waals surface area contributed by atoms with Crippen LogP contribution in [0.15, 0.2) is 60.7 Å². The van der Waals surface area contributed by atoms with Crippen molar-refractivity contribution >= 4 is 46.7 Å². The number of ketones is 1. The maximum atomic E-state index is 13.8. The molecule has 3 fully saturated rings. The van der Waals surface area contributed by atoms with Crippen LogP contribution in [0.4, 0.5) is 0 Å². The van der Waals surface area contributed by atoms with Crippen molar-refractivity contribution in [3.8, 4) is 0 Å². The Balaban J connectivity index is 1.40. The van der Waals surface area contributed by atoms with Gasteiger partial charge in [-0.15, -0.1) is 0 Å². The highest BCUT2D eigenvalue weighted by Gasteiger charge is 2.68. The zero-order valence-corrected chi connectivity index (χ0v) is 20.3. The summed E-state index contributed by atoms with van der Waals surface area (Å²) < 4.78 is 0. The van der Waals surface area contributed by atoms with E-state index in [0.29, 0.717) is 27.4 Å². The molecule has 2 aromatic carbocycles. The topological polar surface area (TPSA) is 74.8 Å². The highest BCUT2D eigenvalue weighted by Crippen LogP contribution is 2.65. The standard InChI is InChI=1S/C27H22Cl2N2O4/c1-13(24(32)14-2-6-16(28)7-3-14)30(25(33)15-4-8-17(29)9-5-15)31-26(34)22-18-10-11-19(21-12-20(18)21)23(22)27(31)35/h2-11,13,18-23H,12H2,1H3/t13-,18+,19+,20+,21+,22-,23+/m1/s1. The maximum absolute atomic E-state index is 13.8. The average Bonchev–Trinajstić information content (AvgIpc) is 3.64. The van der Waals surface area contributed by atoms with E-state index in [0.717, 1.165) is 16.4 Å². The largest absolute Gasteiger partial charge is 0.292 e. The molecule has 4 aliphatic carbocycles. The Hall–Kier alpha value is -2.96. The lowest BCUT2D eigenvalue weighted by Crippen LogP contribution is -2.56. The van der Waals surface area contributed by atoms with Gasteiger partial charge in [0.25, 0.3) is 17.7 Å². The lowest BCUT2D eigenvalue weighted by atomic mass is 9.63. The fourth-order valence-electron chi connectivity index (χ4n) is 6.28. The first kappa shape index (κ1) is 22.5. The summed E-state index contributed by atoms with van der Waals surface area (Å²) in [5.74, 6) is -1.92. The Morgan fingerprint density at radius 2 is 1.29 bits per heavy atom. The summed E-state index contributed by atoms with van der Waals surface area (Å²) >= 11 is 12.0. The molecular weight excluding hydrogens is 487 g/mol. The van der Waals surface area contributed by atoms with Crippen LogP contribution in [-0.4, -0.2) is 39.6 Å². The number of hydrogen-bond acceptors (Lipinski definition) is 4. The molecule has 1 heterocycles. The van der Waals surface area contributed by atoms with Crippen LogP contribution in [0.5, 0.6) is 0 Å². The van der Waals surface area contributed by atoms with E-state index in [4.69, 9.17) is 23.2 Å². The van der Waals surface area contributed by atoms with Crippen LogP contribution in [0.2, 0.25) is 10.0 Å². The zero-order chi connectivity index (χ0) is 24.6. The second-order valence-corrected chi connectivity index (χ2v) is 10.7. The normalized spacial score (nSPS) is 30.7. The smallest absolute Gasteiger partial charge is 0.273 e. The molecule has 7 rings (SSSR count). The van der Waals surface area contributed by atoms with E-state index in [-0.39, 0.29) is 17.4 Å². The molecule has 3 amide bonds. The molecule has 2 bridgehead atoms. The van der Waals surface area contributed by atoms with Crippen molar-refractivity contribution in [1.29, 1.82) is 0 Å².